The van der Waals surface area contributed by atoms with Crippen molar-refractivity contribution in [2.75, 3.05) is 33.0 Å². The third kappa shape index (κ3) is 42.7. The Hall–Kier alpha value is -2.88. The van der Waals surface area contributed by atoms with E-state index in [1.165, 1.54) is 0 Å². The van der Waals surface area contributed by atoms with Gasteiger partial charge in [0.1, 0.15) is 12.2 Å². The van der Waals surface area contributed by atoms with E-state index >= 15 is 0 Å². The molecule has 0 saturated heterocycles. The third-order valence-electron chi connectivity index (χ3n) is 8.45. The van der Waals surface area contributed by atoms with Gasteiger partial charge in [0.25, 0.3) is 0 Å². The lowest BCUT2D eigenvalue weighted by Crippen LogP contribution is -2.29. The highest BCUT2D eigenvalue weighted by molar-refractivity contribution is 7.47. The number of phosphoric ester groups is 1. The molecule has 0 aromatic heterocycles. The topological polar surface area (TPSA) is 132 Å². The van der Waals surface area contributed by atoms with E-state index in [-0.39, 0.29) is 13.0 Å². The maximum Gasteiger partial charge on any atom is 0.472 e. The fraction of sp³-hybridized carbons (Fsp3) is 0.604. The van der Waals surface area contributed by atoms with Gasteiger partial charge in [0.15, 0.2) is 0 Å². The predicted molar refractivity (Wildman–Crippen MR) is 241 cm³/mol. The van der Waals surface area contributed by atoms with Crippen LogP contribution in [0.15, 0.2) is 109 Å². The SMILES string of the molecule is CC/C=C\C/C=C\C/C=C\C/C=C\C/C=C\CCCCCCOCC(COP(=O)(O)OCC(O)CO)OC(=O)CCCCCC/C=C\C/C=C\C/C=C\C/C=C\CC. The Labute approximate surface area is 352 Å². The normalized spacial score (nSPS) is 15.1. The molecule has 0 aliphatic rings. The lowest BCUT2D eigenvalue weighted by atomic mass is 10.1. The van der Waals surface area contributed by atoms with Crippen LogP contribution in [0.1, 0.15) is 142 Å². The van der Waals surface area contributed by atoms with E-state index in [2.05, 4.69) is 123 Å². The van der Waals surface area contributed by atoms with Gasteiger partial charge in [-0.25, -0.2) is 4.57 Å². The van der Waals surface area contributed by atoms with E-state index in [0.717, 1.165) is 116 Å². The number of unbranched alkanes of at least 4 members (excludes halogenated alkanes) is 8. The molecule has 0 fully saturated rings. The number of allylic oxidation sites excluding steroid dienone is 18. The fourth-order valence-electron chi connectivity index (χ4n) is 5.19. The second kappa shape index (κ2) is 43.7. The lowest BCUT2D eigenvalue weighted by molar-refractivity contribution is -0.154. The predicted octanol–water partition coefficient (Wildman–Crippen LogP) is 12.2. The molecule has 0 aromatic rings. The summed E-state index contributed by atoms with van der Waals surface area (Å²) in [5.41, 5.74) is 0. The van der Waals surface area contributed by atoms with Crippen molar-refractivity contribution in [2.45, 2.75) is 154 Å². The van der Waals surface area contributed by atoms with Gasteiger partial charge in [-0.1, -0.05) is 149 Å². The zero-order chi connectivity index (χ0) is 42.5. The zero-order valence-electron chi connectivity index (χ0n) is 36.0. The molecule has 3 unspecified atom stereocenters. The van der Waals surface area contributed by atoms with E-state index in [9.17, 15) is 19.4 Å². The number of carbonyl (C=O) groups is 1. The second-order valence-corrected chi connectivity index (χ2v) is 15.4. The molecule has 10 heteroatoms. The Kier molecular flexibility index (Phi) is 41.5. The van der Waals surface area contributed by atoms with E-state index in [4.69, 9.17) is 23.6 Å². The van der Waals surface area contributed by atoms with Crippen LogP contribution < -0.4 is 0 Å². The van der Waals surface area contributed by atoms with E-state index < -0.39 is 45.8 Å². The number of aliphatic hydroxyl groups is 2. The van der Waals surface area contributed by atoms with Crippen LogP contribution in [-0.4, -0.2) is 66.3 Å². The number of esters is 1. The van der Waals surface area contributed by atoms with Crippen LogP contribution in [0.2, 0.25) is 0 Å². The molecule has 0 spiro atoms. The second-order valence-electron chi connectivity index (χ2n) is 13.9. The molecular formula is C48H79O9P. The highest BCUT2D eigenvalue weighted by Gasteiger charge is 2.26. The van der Waals surface area contributed by atoms with Gasteiger partial charge in [-0.2, -0.15) is 0 Å². The summed E-state index contributed by atoms with van der Waals surface area (Å²) in [5.74, 6) is -0.421. The van der Waals surface area contributed by atoms with Crippen molar-refractivity contribution < 1.29 is 43.0 Å². The van der Waals surface area contributed by atoms with Crippen molar-refractivity contribution in [1.82, 2.24) is 0 Å². The van der Waals surface area contributed by atoms with Gasteiger partial charge in [-0.05, 0) is 96.3 Å². The molecule has 0 aromatic carbocycles. The maximum absolute atomic E-state index is 12.6. The first-order chi connectivity index (χ1) is 28.3. The fourth-order valence-corrected chi connectivity index (χ4v) is 5.98. The van der Waals surface area contributed by atoms with Crippen LogP contribution >= 0.6 is 7.82 Å². The molecule has 0 rings (SSSR count). The quantitative estimate of drug-likeness (QED) is 0.0239. The van der Waals surface area contributed by atoms with Gasteiger partial charge in [0, 0.05) is 13.0 Å². The van der Waals surface area contributed by atoms with E-state index in [1.807, 2.05) is 0 Å². The average Bonchev–Trinajstić information content (AvgIpc) is 3.21. The molecule has 330 valence electrons. The van der Waals surface area contributed by atoms with Crippen molar-refractivity contribution in [3.05, 3.63) is 109 Å². The number of ether oxygens (including phenoxy) is 2. The maximum atomic E-state index is 12.6. The Bertz CT molecular complexity index is 1260. The van der Waals surface area contributed by atoms with Gasteiger partial charge in [-0.3, -0.25) is 13.8 Å². The molecule has 9 nitrogen and oxygen atoms in total. The number of carbonyl (C=O) groups excluding carboxylic acids is 1. The first kappa shape index (κ1) is 55.1. The Balaban J connectivity index is 4.30. The van der Waals surface area contributed by atoms with Gasteiger partial charge in [-0.15, -0.1) is 0 Å². The van der Waals surface area contributed by atoms with Gasteiger partial charge in [0.05, 0.1) is 26.4 Å². The molecule has 3 N–H and O–H groups in total. The van der Waals surface area contributed by atoms with E-state index in [1.54, 1.807) is 0 Å². The number of aliphatic hydroxyl groups excluding tert-OH is 2. The summed E-state index contributed by atoms with van der Waals surface area (Å²) in [4.78, 5) is 22.6. The molecular weight excluding hydrogens is 751 g/mol. The zero-order valence-corrected chi connectivity index (χ0v) is 36.9. The molecule has 3 atom stereocenters. The molecule has 0 saturated carbocycles. The molecule has 58 heavy (non-hydrogen) atoms. The Morgan fingerprint density at radius 3 is 1.38 bits per heavy atom. The summed E-state index contributed by atoms with van der Waals surface area (Å²) in [6.07, 6.45) is 56.2. The molecule has 0 aliphatic heterocycles. The van der Waals surface area contributed by atoms with Crippen molar-refractivity contribution in [3.8, 4) is 0 Å². The Morgan fingerprint density at radius 1 is 0.534 bits per heavy atom. The highest BCUT2D eigenvalue weighted by atomic mass is 31.2. The van der Waals surface area contributed by atoms with Crippen LogP contribution in [0.25, 0.3) is 0 Å². The first-order valence-corrected chi connectivity index (χ1v) is 23.4. The molecule has 0 radical (unpaired) electrons. The smallest absolute Gasteiger partial charge is 0.457 e. The molecule has 0 bridgehead atoms. The Morgan fingerprint density at radius 2 is 0.931 bits per heavy atom. The van der Waals surface area contributed by atoms with Crippen molar-refractivity contribution in [3.63, 3.8) is 0 Å². The van der Waals surface area contributed by atoms with Crippen molar-refractivity contribution in [2.24, 2.45) is 0 Å². The standard InChI is InChI=1S/C48H79O9P/c1-3-5-7-9-11-13-15-17-19-21-22-23-25-27-29-31-33-35-37-39-41-54-44-47(45-56-58(52,53)55-43-46(50)42-49)57-48(51)40-38-36-34-32-30-28-26-24-20-18-16-14-12-10-8-6-4-2/h5-8,11-14,17-20,22-23,26-29,46-47,49-50H,3-4,9-10,15-16,21,24-25,30-45H2,1-2H3,(H,52,53)/b7-5-,8-6-,13-11-,14-12-,19-17-,20-18-,23-22-,28-26-,29-27-. The largest absolute Gasteiger partial charge is 0.472 e. The number of hydrogen-bond donors (Lipinski definition) is 3. The molecule has 0 heterocycles. The minimum absolute atomic E-state index is 0.0138. The van der Waals surface area contributed by atoms with Crippen LogP contribution in [-0.2, 0) is 27.9 Å². The summed E-state index contributed by atoms with van der Waals surface area (Å²) < 4.78 is 33.3. The number of phosphoric acid groups is 1. The summed E-state index contributed by atoms with van der Waals surface area (Å²) >= 11 is 0. The first-order valence-electron chi connectivity index (χ1n) is 21.9. The van der Waals surface area contributed by atoms with Crippen molar-refractivity contribution in [1.29, 1.82) is 0 Å². The van der Waals surface area contributed by atoms with Crippen molar-refractivity contribution >= 4 is 13.8 Å². The van der Waals surface area contributed by atoms with Gasteiger partial charge < -0.3 is 24.6 Å². The number of hydrogen-bond acceptors (Lipinski definition) is 8. The minimum atomic E-state index is -4.54. The van der Waals surface area contributed by atoms with Crippen LogP contribution in [0.4, 0.5) is 0 Å². The monoisotopic (exact) mass is 831 g/mol. The minimum Gasteiger partial charge on any atom is -0.457 e. The third-order valence-corrected chi connectivity index (χ3v) is 9.40. The van der Waals surface area contributed by atoms with Gasteiger partial charge >= 0.3 is 13.8 Å². The molecule has 0 amide bonds. The van der Waals surface area contributed by atoms with Gasteiger partial charge in [0.2, 0.25) is 0 Å². The van der Waals surface area contributed by atoms with Crippen LogP contribution in [0.5, 0.6) is 0 Å². The number of rotatable bonds is 40. The summed E-state index contributed by atoms with van der Waals surface area (Å²) in [5, 5.41) is 18.4. The van der Waals surface area contributed by atoms with Crippen LogP contribution in [0.3, 0.4) is 0 Å². The average molecular weight is 831 g/mol. The van der Waals surface area contributed by atoms with Crippen LogP contribution in [0, 0.1) is 0 Å². The lowest BCUT2D eigenvalue weighted by Gasteiger charge is -2.20. The highest BCUT2D eigenvalue weighted by Crippen LogP contribution is 2.43. The summed E-state index contributed by atoms with van der Waals surface area (Å²) in [7, 11) is -4.54. The summed E-state index contributed by atoms with van der Waals surface area (Å²) in [6.45, 7) is 3.16. The molecule has 0 aliphatic carbocycles. The summed E-state index contributed by atoms with van der Waals surface area (Å²) in [6, 6.07) is 0. The van der Waals surface area contributed by atoms with E-state index in [0.29, 0.717) is 13.0 Å².